The van der Waals surface area contributed by atoms with E-state index in [0.29, 0.717) is 6.61 Å². The normalized spacial score (nSPS) is 17.4. The first-order valence-electron chi connectivity index (χ1n) is 6.24. The van der Waals surface area contributed by atoms with E-state index in [-0.39, 0.29) is 18.4 Å². The van der Waals surface area contributed by atoms with E-state index in [1.165, 1.54) is 11.1 Å². The zero-order valence-electron chi connectivity index (χ0n) is 10.9. The minimum atomic E-state index is -0.207. The molecule has 18 heavy (non-hydrogen) atoms. The van der Waals surface area contributed by atoms with Crippen LogP contribution in [0, 0.1) is 0 Å². The summed E-state index contributed by atoms with van der Waals surface area (Å²) >= 11 is 0. The largest absolute Gasteiger partial charge is 0.496 e. The molecule has 0 bridgehead atoms. The third kappa shape index (κ3) is 2.64. The molecule has 0 heterocycles. The summed E-state index contributed by atoms with van der Waals surface area (Å²) in [6.07, 6.45) is 1.98. The molecule has 0 spiro atoms. The van der Waals surface area contributed by atoms with E-state index in [1.807, 2.05) is 12.1 Å². The quantitative estimate of drug-likeness (QED) is 0.815. The summed E-state index contributed by atoms with van der Waals surface area (Å²) in [5, 5.41) is 0. The van der Waals surface area contributed by atoms with Crippen LogP contribution in [0.25, 0.3) is 0 Å². The molecule has 0 aliphatic heterocycles. The number of esters is 1. The Kier molecular flexibility index (Phi) is 3.87. The monoisotopic (exact) mass is 249 g/mol. The van der Waals surface area contributed by atoms with Crippen molar-refractivity contribution in [1.82, 2.24) is 0 Å². The number of nitrogens with two attached hydrogens (primary N) is 1. The molecule has 0 radical (unpaired) electrons. The van der Waals surface area contributed by atoms with Crippen molar-refractivity contribution in [2.45, 2.75) is 32.2 Å². The smallest absolute Gasteiger partial charge is 0.310 e. The van der Waals surface area contributed by atoms with Gasteiger partial charge in [0.25, 0.3) is 0 Å². The van der Waals surface area contributed by atoms with Gasteiger partial charge in [0.1, 0.15) is 5.75 Å². The average Bonchev–Trinajstić information content (AvgIpc) is 2.68. The first-order chi connectivity index (χ1) is 8.63. The van der Waals surface area contributed by atoms with Gasteiger partial charge >= 0.3 is 5.97 Å². The lowest BCUT2D eigenvalue weighted by atomic mass is 10.0. The number of methoxy groups -OCH3 is 1. The number of hydrogen-bond acceptors (Lipinski definition) is 4. The Labute approximate surface area is 107 Å². The maximum Gasteiger partial charge on any atom is 0.310 e. The van der Waals surface area contributed by atoms with Gasteiger partial charge in [-0.2, -0.15) is 0 Å². The van der Waals surface area contributed by atoms with Crippen LogP contribution in [0.2, 0.25) is 0 Å². The fourth-order valence-corrected chi connectivity index (χ4v) is 2.46. The van der Waals surface area contributed by atoms with Crippen LogP contribution in [0.5, 0.6) is 5.75 Å². The fraction of sp³-hybridized carbons (Fsp3) is 0.500. The molecule has 1 aliphatic rings. The van der Waals surface area contributed by atoms with Crippen molar-refractivity contribution in [1.29, 1.82) is 0 Å². The predicted octanol–water partition coefficient (Wildman–Crippen LogP) is 1.23. The Morgan fingerprint density at radius 2 is 2.22 bits per heavy atom. The van der Waals surface area contributed by atoms with Gasteiger partial charge in [0.2, 0.25) is 0 Å². The number of ether oxygens (including phenoxy) is 2. The summed E-state index contributed by atoms with van der Waals surface area (Å²) in [6, 6.07) is 4.11. The highest BCUT2D eigenvalue weighted by atomic mass is 16.5. The van der Waals surface area contributed by atoms with Gasteiger partial charge in [0, 0.05) is 6.04 Å². The van der Waals surface area contributed by atoms with Crippen molar-refractivity contribution < 1.29 is 14.3 Å². The van der Waals surface area contributed by atoms with Crippen molar-refractivity contribution >= 4 is 5.97 Å². The van der Waals surface area contributed by atoms with Crippen molar-refractivity contribution in [2.24, 2.45) is 5.73 Å². The summed E-state index contributed by atoms with van der Waals surface area (Å²) in [7, 11) is 1.65. The highest BCUT2D eigenvalue weighted by Crippen LogP contribution is 2.31. The Balaban J connectivity index is 2.23. The minimum Gasteiger partial charge on any atom is -0.496 e. The van der Waals surface area contributed by atoms with Crippen LogP contribution in [0.15, 0.2) is 12.1 Å². The van der Waals surface area contributed by atoms with Gasteiger partial charge in [-0.1, -0.05) is 6.07 Å². The maximum atomic E-state index is 11.5. The molecule has 1 unspecified atom stereocenters. The van der Waals surface area contributed by atoms with E-state index in [0.717, 1.165) is 24.2 Å². The van der Waals surface area contributed by atoms with Crippen molar-refractivity contribution in [2.75, 3.05) is 13.7 Å². The van der Waals surface area contributed by atoms with Crippen molar-refractivity contribution in [3.63, 3.8) is 0 Å². The zero-order chi connectivity index (χ0) is 13.1. The zero-order valence-corrected chi connectivity index (χ0v) is 10.9. The molecule has 0 amide bonds. The fourth-order valence-electron chi connectivity index (χ4n) is 2.46. The molecule has 1 aliphatic carbocycles. The van der Waals surface area contributed by atoms with Gasteiger partial charge in [-0.3, -0.25) is 4.79 Å². The Hall–Kier alpha value is -1.55. The van der Waals surface area contributed by atoms with Crippen LogP contribution in [0.4, 0.5) is 0 Å². The van der Waals surface area contributed by atoms with Gasteiger partial charge < -0.3 is 15.2 Å². The summed E-state index contributed by atoms with van der Waals surface area (Å²) in [5.41, 5.74) is 9.26. The average molecular weight is 249 g/mol. The van der Waals surface area contributed by atoms with Crippen LogP contribution in [-0.2, 0) is 28.8 Å². The van der Waals surface area contributed by atoms with Gasteiger partial charge in [0.15, 0.2) is 0 Å². The predicted molar refractivity (Wildman–Crippen MR) is 68.7 cm³/mol. The molecule has 0 saturated heterocycles. The molecule has 0 saturated carbocycles. The van der Waals surface area contributed by atoms with Gasteiger partial charge in [-0.05, 0) is 42.5 Å². The molecule has 98 valence electrons. The van der Waals surface area contributed by atoms with Crippen molar-refractivity contribution in [3.8, 4) is 5.75 Å². The summed E-state index contributed by atoms with van der Waals surface area (Å²) in [5.74, 6) is 0.626. The molecule has 1 atom stereocenters. The SMILES string of the molecule is CCOC(=O)Cc1cc2c(c(OC)c1)CC(N)C2. The van der Waals surface area contributed by atoms with E-state index in [4.69, 9.17) is 15.2 Å². The van der Waals surface area contributed by atoms with E-state index < -0.39 is 0 Å². The summed E-state index contributed by atoms with van der Waals surface area (Å²) < 4.78 is 10.3. The van der Waals surface area contributed by atoms with Crippen LogP contribution in [0.3, 0.4) is 0 Å². The van der Waals surface area contributed by atoms with E-state index in [9.17, 15) is 4.79 Å². The molecule has 4 nitrogen and oxygen atoms in total. The molecule has 0 fully saturated rings. The highest BCUT2D eigenvalue weighted by Gasteiger charge is 2.23. The lowest BCUT2D eigenvalue weighted by molar-refractivity contribution is -0.142. The lowest BCUT2D eigenvalue weighted by Gasteiger charge is -2.10. The van der Waals surface area contributed by atoms with Crippen LogP contribution in [0.1, 0.15) is 23.6 Å². The first kappa shape index (κ1) is 12.9. The van der Waals surface area contributed by atoms with E-state index in [1.54, 1.807) is 14.0 Å². The third-order valence-corrected chi connectivity index (χ3v) is 3.18. The summed E-state index contributed by atoms with van der Waals surface area (Å²) in [4.78, 5) is 11.5. The van der Waals surface area contributed by atoms with Gasteiger partial charge in [0.05, 0.1) is 20.1 Å². The second-order valence-electron chi connectivity index (χ2n) is 4.59. The first-order valence-corrected chi connectivity index (χ1v) is 6.24. The molecule has 2 N–H and O–H groups in total. The second kappa shape index (κ2) is 5.40. The second-order valence-corrected chi connectivity index (χ2v) is 4.59. The van der Waals surface area contributed by atoms with Gasteiger partial charge in [-0.25, -0.2) is 0 Å². The van der Waals surface area contributed by atoms with Crippen molar-refractivity contribution in [3.05, 3.63) is 28.8 Å². The molecule has 1 aromatic carbocycles. The molecule has 4 heteroatoms. The topological polar surface area (TPSA) is 61.5 Å². The number of rotatable bonds is 4. The molecular weight excluding hydrogens is 230 g/mol. The van der Waals surface area contributed by atoms with Crippen LogP contribution < -0.4 is 10.5 Å². The maximum absolute atomic E-state index is 11.5. The standard InChI is InChI=1S/C14H19NO3/c1-3-18-14(16)6-9-4-10-7-11(15)8-12(10)13(5-9)17-2/h4-5,11H,3,6-8,15H2,1-2H3. The Morgan fingerprint density at radius 3 is 2.89 bits per heavy atom. The number of hydrogen-bond donors (Lipinski definition) is 1. The number of benzene rings is 1. The van der Waals surface area contributed by atoms with Gasteiger partial charge in [-0.15, -0.1) is 0 Å². The number of carbonyl (C=O) groups is 1. The van der Waals surface area contributed by atoms with E-state index in [2.05, 4.69) is 0 Å². The van der Waals surface area contributed by atoms with E-state index >= 15 is 0 Å². The molecular formula is C14H19NO3. The Morgan fingerprint density at radius 1 is 1.44 bits per heavy atom. The third-order valence-electron chi connectivity index (χ3n) is 3.18. The number of carbonyl (C=O) groups excluding carboxylic acids is 1. The lowest BCUT2D eigenvalue weighted by Crippen LogP contribution is -2.19. The number of fused-ring (bicyclic) bond motifs is 1. The minimum absolute atomic E-state index is 0.159. The molecule has 0 aromatic heterocycles. The molecule has 1 aromatic rings. The van der Waals surface area contributed by atoms with Crippen LogP contribution in [-0.4, -0.2) is 25.7 Å². The Bertz CT molecular complexity index is 457. The molecule has 2 rings (SSSR count). The van der Waals surface area contributed by atoms with Crippen LogP contribution >= 0.6 is 0 Å². The summed E-state index contributed by atoms with van der Waals surface area (Å²) in [6.45, 7) is 2.21. The highest BCUT2D eigenvalue weighted by molar-refractivity contribution is 5.73.